The Hall–Kier alpha value is -3.86. The van der Waals surface area contributed by atoms with Crippen LogP contribution in [0.1, 0.15) is 42.9 Å². The molecule has 0 heterocycles. The number of unbranched alkanes of at least 4 members (excludes halogenated alkanes) is 2. The molecule has 0 aliphatic carbocycles. The van der Waals surface area contributed by atoms with Gasteiger partial charge in [0, 0.05) is 16.7 Å². The van der Waals surface area contributed by atoms with E-state index >= 15 is 0 Å². The van der Waals surface area contributed by atoms with E-state index in [1.807, 2.05) is 19.1 Å². The average Bonchev–Trinajstić information content (AvgIpc) is 2.91. The summed E-state index contributed by atoms with van der Waals surface area (Å²) in [4.78, 5) is 0. The summed E-state index contributed by atoms with van der Waals surface area (Å²) in [5, 5.41) is 0. The van der Waals surface area contributed by atoms with Gasteiger partial charge < -0.3 is 4.74 Å². The summed E-state index contributed by atoms with van der Waals surface area (Å²) in [7, 11) is 0. The number of hydrogen-bond acceptors (Lipinski definition) is 1. The van der Waals surface area contributed by atoms with E-state index < -0.39 is 23.3 Å². The number of hydrogen-bond donors (Lipinski definition) is 0. The van der Waals surface area contributed by atoms with Crippen molar-refractivity contribution < 1.29 is 22.3 Å². The van der Waals surface area contributed by atoms with Crippen LogP contribution < -0.4 is 4.74 Å². The summed E-state index contributed by atoms with van der Waals surface area (Å²) < 4.78 is 64.0. The van der Waals surface area contributed by atoms with E-state index in [9.17, 15) is 17.6 Å². The predicted molar refractivity (Wildman–Crippen MR) is 142 cm³/mol. The molecule has 0 spiro atoms. The lowest BCUT2D eigenvalue weighted by Gasteiger charge is -2.10. The van der Waals surface area contributed by atoms with Crippen LogP contribution in [0.2, 0.25) is 0 Å². The van der Waals surface area contributed by atoms with Crippen LogP contribution in [0.25, 0.3) is 34.4 Å². The van der Waals surface area contributed by atoms with E-state index in [-0.39, 0.29) is 22.4 Å². The second-order valence-corrected chi connectivity index (χ2v) is 8.95. The van der Waals surface area contributed by atoms with Gasteiger partial charge >= 0.3 is 0 Å². The van der Waals surface area contributed by atoms with Gasteiger partial charge in [-0.3, -0.25) is 0 Å². The van der Waals surface area contributed by atoms with Crippen LogP contribution in [0.4, 0.5) is 17.6 Å². The molecule has 4 aromatic rings. The van der Waals surface area contributed by atoms with Gasteiger partial charge in [0.05, 0.1) is 6.61 Å². The summed E-state index contributed by atoms with van der Waals surface area (Å²) in [5.41, 5.74) is 3.27. The molecule has 0 aliphatic heterocycles. The minimum absolute atomic E-state index is 0.0855. The molecule has 37 heavy (non-hydrogen) atoms. The third-order valence-corrected chi connectivity index (χ3v) is 6.20. The Labute approximate surface area is 215 Å². The monoisotopic (exact) mass is 504 g/mol. The molecular formula is C32H28F4O. The fraction of sp³-hybridized carbons (Fsp3) is 0.188. The van der Waals surface area contributed by atoms with Gasteiger partial charge in [0.2, 0.25) is 5.82 Å². The fourth-order valence-corrected chi connectivity index (χ4v) is 4.01. The minimum atomic E-state index is -1.01. The highest BCUT2D eigenvalue weighted by Gasteiger charge is 2.16. The molecule has 0 saturated carbocycles. The van der Waals surface area contributed by atoms with Crippen LogP contribution in [0.15, 0.2) is 72.8 Å². The second-order valence-electron chi connectivity index (χ2n) is 8.95. The molecule has 0 bridgehead atoms. The van der Waals surface area contributed by atoms with Gasteiger partial charge in [-0.15, -0.1) is 0 Å². The summed E-state index contributed by atoms with van der Waals surface area (Å²) in [6.07, 6.45) is 5.84. The normalized spacial score (nSPS) is 11.3. The topological polar surface area (TPSA) is 9.23 Å². The second kappa shape index (κ2) is 11.9. The minimum Gasteiger partial charge on any atom is -0.490 e. The van der Waals surface area contributed by atoms with Gasteiger partial charge in [-0.2, -0.15) is 4.39 Å². The molecule has 4 aromatic carbocycles. The van der Waals surface area contributed by atoms with Crippen LogP contribution in [0.3, 0.4) is 0 Å². The van der Waals surface area contributed by atoms with Crippen molar-refractivity contribution in [2.45, 2.75) is 33.1 Å². The summed E-state index contributed by atoms with van der Waals surface area (Å²) in [5.74, 6) is -3.91. The number of rotatable bonds is 9. The predicted octanol–water partition coefficient (Wildman–Crippen LogP) is 9.62. The van der Waals surface area contributed by atoms with Crippen LogP contribution in [0.5, 0.6) is 5.75 Å². The number of ether oxygens (including phenoxy) is 1. The van der Waals surface area contributed by atoms with Gasteiger partial charge in [-0.05, 0) is 42.2 Å². The Morgan fingerprint density at radius 2 is 1.22 bits per heavy atom. The highest BCUT2D eigenvalue weighted by Crippen LogP contribution is 2.32. The highest BCUT2D eigenvalue weighted by atomic mass is 19.2. The van der Waals surface area contributed by atoms with Crippen molar-refractivity contribution in [3.63, 3.8) is 0 Å². The van der Waals surface area contributed by atoms with Crippen molar-refractivity contribution >= 4 is 12.2 Å². The van der Waals surface area contributed by atoms with Crippen molar-refractivity contribution in [2.24, 2.45) is 0 Å². The average molecular weight is 505 g/mol. The smallest absolute Gasteiger partial charge is 0.201 e. The zero-order valence-corrected chi connectivity index (χ0v) is 20.8. The molecule has 0 N–H and O–H groups in total. The maximum atomic E-state index is 14.9. The van der Waals surface area contributed by atoms with E-state index in [0.717, 1.165) is 24.8 Å². The summed E-state index contributed by atoms with van der Waals surface area (Å²) in [6.45, 7) is 4.32. The van der Waals surface area contributed by atoms with E-state index in [2.05, 4.69) is 6.92 Å². The Morgan fingerprint density at radius 3 is 1.81 bits per heavy atom. The first kappa shape index (κ1) is 26.2. The Kier molecular flexibility index (Phi) is 8.44. The Morgan fingerprint density at radius 1 is 0.622 bits per heavy atom. The van der Waals surface area contributed by atoms with Crippen molar-refractivity contribution in [3.8, 4) is 28.0 Å². The molecular weight excluding hydrogens is 476 g/mol. The van der Waals surface area contributed by atoms with Crippen LogP contribution >= 0.6 is 0 Å². The third kappa shape index (κ3) is 6.11. The first-order chi connectivity index (χ1) is 17.9. The van der Waals surface area contributed by atoms with Gasteiger partial charge in [0.1, 0.15) is 0 Å². The summed E-state index contributed by atoms with van der Waals surface area (Å²) in [6, 6.07) is 20.0. The molecule has 0 aromatic heterocycles. The van der Waals surface area contributed by atoms with Crippen LogP contribution in [0, 0.1) is 30.2 Å². The molecule has 0 atom stereocenters. The van der Waals surface area contributed by atoms with Crippen molar-refractivity contribution in [1.29, 1.82) is 0 Å². The van der Waals surface area contributed by atoms with Gasteiger partial charge in [0.25, 0.3) is 0 Å². The largest absolute Gasteiger partial charge is 0.490 e. The van der Waals surface area contributed by atoms with E-state index in [1.165, 1.54) is 18.2 Å². The first-order valence-electron chi connectivity index (χ1n) is 12.3. The standard InChI is InChI=1S/C32H28F4O/c1-3-4-5-20-37-28-19-16-25(29(33)32(28)36)15-10-22-8-13-24(14-9-22)27-18-17-26(30(34)31(27)35)23-11-6-21(2)7-12-23/h6-19H,3-5,20H2,1-2H3/b15-10+. The molecule has 190 valence electrons. The van der Waals surface area contributed by atoms with E-state index in [1.54, 1.807) is 54.6 Å². The highest BCUT2D eigenvalue weighted by molar-refractivity contribution is 5.75. The molecule has 0 aliphatic rings. The van der Waals surface area contributed by atoms with Crippen molar-refractivity contribution in [2.75, 3.05) is 6.61 Å². The van der Waals surface area contributed by atoms with E-state index in [0.29, 0.717) is 23.3 Å². The van der Waals surface area contributed by atoms with Crippen molar-refractivity contribution in [3.05, 3.63) is 113 Å². The molecule has 5 heteroatoms. The molecule has 0 unspecified atom stereocenters. The Balaban J connectivity index is 1.49. The number of aryl methyl sites for hydroxylation is 1. The van der Waals surface area contributed by atoms with Crippen LogP contribution in [-0.4, -0.2) is 6.61 Å². The lowest BCUT2D eigenvalue weighted by Crippen LogP contribution is -2.01. The SMILES string of the molecule is CCCCCOc1ccc(/C=C/c2ccc(-c3ccc(-c4ccc(C)cc4)c(F)c3F)cc2)c(F)c1F. The number of halogens is 4. The zero-order valence-electron chi connectivity index (χ0n) is 20.8. The molecule has 0 fully saturated rings. The number of benzene rings is 4. The van der Waals surface area contributed by atoms with E-state index in [4.69, 9.17) is 4.74 Å². The lowest BCUT2D eigenvalue weighted by atomic mass is 9.97. The summed E-state index contributed by atoms with van der Waals surface area (Å²) >= 11 is 0. The van der Waals surface area contributed by atoms with Gasteiger partial charge in [-0.25, -0.2) is 13.2 Å². The zero-order chi connectivity index (χ0) is 26.4. The third-order valence-electron chi connectivity index (χ3n) is 6.20. The molecule has 0 saturated heterocycles. The first-order valence-corrected chi connectivity index (χ1v) is 12.3. The van der Waals surface area contributed by atoms with Crippen molar-refractivity contribution in [1.82, 2.24) is 0 Å². The quantitative estimate of drug-likeness (QED) is 0.125. The van der Waals surface area contributed by atoms with Gasteiger partial charge in [-0.1, -0.05) is 98.1 Å². The maximum Gasteiger partial charge on any atom is 0.201 e. The maximum absolute atomic E-state index is 14.9. The molecule has 0 amide bonds. The Bertz CT molecular complexity index is 1390. The lowest BCUT2D eigenvalue weighted by molar-refractivity contribution is 0.286. The molecule has 0 radical (unpaired) electrons. The molecule has 4 rings (SSSR count). The van der Waals surface area contributed by atoms with Gasteiger partial charge in [0.15, 0.2) is 23.2 Å². The van der Waals surface area contributed by atoms with Crippen LogP contribution in [-0.2, 0) is 0 Å². The molecule has 1 nitrogen and oxygen atoms in total. The fourth-order valence-electron chi connectivity index (χ4n) is 4.01.